The molecule has 0 atom stereocenters. The van der Waals surface area contributed by atoms with E-state index in [0.29, 0.717) is 37.0 Å². The van der Waals surface area contributed by atoms with E-state index in [-0.39, 0.29) is 12.0 Å². The Hall–Kier alpha value is -2.26. The largest absolute Gasteiger partial charge is 0.494 e. The number of nitrogens with zero attached hydrogens (tertiary/aromatic N) is 2. The molecule has 0 unspecified atom stereocenters. The molecule has 0 aliphatic carbocycles. The molecular weight excluding hydrogens is 422 g/mol. The van der Waals surface area contributed by atoms with Crippen LogP contribution in [0, 0.1) is 0 Å². The summed E-state index contributed by atoms with van der Waals surface area (Å²) in [5, 5.41) is 3.44. The molecule has 1 aromatic carbocycles. The molecule has 162 valence electrons. The quantitative estimate of drug-likeness (QED) is 0.651. The number of carbonyl (C=O) groups excluding carboxylic acids is 2. The zero-order valence-electron chi connectivity index (χ0n) is 17.7. The molecule has 7 nitrogen and oxygen atoms in total. The highest BCUT2D eigenvalue weighted by molar-refractivity contribution is 8.00. The maximum Gasteiger partial charge on any atom is 0.410 e. The summed E-state index contributed by atoms with van der Waals surface area (Å²) in [6.07, 6.45) is 0.334. The Kier molecular flexibility index (Phi) is 7.25. The van der Waals surface area contributed by atoms with Gasteiger partial charge in [0.25, 0.3) is 0 Å². The van der Waals surface area contributed by atoms with Crippen LogP contribution in [-0.4, -0.2) is 46.4 Å². The highest BCUT2D eigenvalue weighted by Crippen LogP contribution is 2.29. The normalized spacial score (nSPS) is 13.5. The van der Waals surface area contributed by atoms with E-state index in [9.17, 15) is 9.59 Å². The second kappa shape index (κ2) is 9.70. The van der Waals surface area contributed by atoms with Gasteiger partial charge >= 0.3 is 6.09 Å². The van der Waals surface area contributed by atoms with E-state index in [0.717, 1.165) is 21.2 Å². The van der Waals surface area contributed by atoms with Crippen molar-refractivity contribution in [1.29, 1.82) is 0 Å². The number of thioether (sulfide) groups is 1. The molecule has 30 heavy (non-hydrogen) atoms. The molecular formula is C21H27N3O4S2. The van der Waals surface area contributed by atoms with Crippen LogP contribution in [0.4, 0.5) is 9.93 Å². The second-order valence-corrected chi connectivity index (χ2v) is 9.91. The Balaban J connectivity index is 1.51. The number of amides is 2. The predicted molar refractivity (Wildman–Crippen MR) is 119 cm³/mol. The van der Waals surface area contributed by atoms with E-state index in [4.69, 9.17) is 9.47 Å². The molecule has 0 radical (unpaired) electrons. The molecule has 0 saturated heterocycles. The zero-order valence-corrected chi connectivity index (χ0v) is 19.3. The van der Waals surface area contributed by atoms with Gasteiger partial charge in [-0.25, -0.2) is 9.78 Å². The molecule has 1 aromatic heterocycles. The van der Waals surface area contributed by atoms with Gasteiger partial charge in [-0.3, -0.25) is 4.79 Å². The van der Waals surface area contributed by atoms with Crippen LogP contribution in [0.3, 0.4) is 0 Å². The molecule has 1 aliphatic rings. The van der Waals surface area contributed by atoms with Crippen molar-refractivity contribution >= 4 is 40.2 Å². The molecule has 0 spiro atoms. The lowest BCUT2D eigenvalue weighted by Gasteiger charge is -2.29. The summed E-state index contributed by atoms with van der Waals surface area (Å²) < 4.78 is 10.9. The van der Waals surface area contributed by atoms with Crippen molar-refractivity contribution in [2.24, 2.45) is 0 Å². The molecule has 3 rings (SSSR count). The molecule has 2 heterocycles. The minimum absolute atomic E-state index is 0.107. The Morgan fingerprint density at radius 2 is 2.00 bits per heavy atom. The van der Waals surface area contributed by atoms with Gasteiger partial charge in [-0.05, 0) is 52.0 Å². The lowest BCUT2D eigenvalue weighted by molar-refractivity contribution is -0.113. The Morgan fingerprint density at radius 1 is 1.27 bits per heavy atom. The number of hydrogen-bond acceptors (Lipinski definition) is 7. The molecule has 2 aromatic rings. The Labute approximate surface area is 185 Å². The van der Waals surface area contributed by atoms with E-state index in [1.165, 1.54) is 23.1 Å². The topological polar surface area (TPSA) is 80.8 Å². The highest BCUT2D eigenvalue weighted by atomic mass is 32.2. The van der Waals surface area contributed by atoms with Crippen molar-refractivity contribution in [1.82, 2.24) is 9.88 Å². The van der Waals surface area contributed by atoms with Crippen LogP contribution >= 0.6 is 23.1 Å². The van der Waals surface area contributed by atoms with Gasteiger partial charge in [-0.2, -0.15) is 0 Å². The van der Waals surface area contributed by atoms with E-state index >= 15 is 0 Å². The first-order valence-electron chi connectivity index (χ1n) is 9.85. The number of carbonyl (C=O) groups is 2. The van der Waals surface area contributed by atoms with Crippen LogP contribution in [0.2, 0.25) is 0 Å². The lowest BCUT2D eigenvalue weighted by atomic mass is 10.2. The fourth-order valence-electron chi connectivity index (χ4n) is 2.83. The summed E-state index contributed by atoms with van der Waals surface area (Å²) in [5.41, 5.74) is 0.417. The summed E-state index contributed by atoms with van der Waals surface area (Å²) in [4.78, 5) is 32.8. The van der Waals surface area contributed by atoms with Gasteiger partial charge < -0.3 is 19.7 Å². The third-order valence-electron chi connectivity index (χ3n) is 4.13. The second-order valence-electron chi connectivity index (χ2n) is 7.78. The smallest absolute Gasteiger partial charge is 0.410 e. The summed E-state index contributed by atoms with van der Waals surface area (Å²) in [5.74, 6) is 1.01. The maximum atomic E-state index is 12.3. The van der Waals surface area contributed by atoms with Crippen molar-refractivity contribution in [2.75, 3.05) is 24.2 Å². The molecule has 9 heteroatoms. The zero-order chi connectivity index (χ0) is 21.7. The van der Waals surface area contributed by atoms with Crippen LogP contribution in [0.5, 0.6) is 5.75 Å². The van der Waals surface area contributed by atoms with E-state index in [1.807, 2.05) is 52.0 Å². The minimum atomic E-state index is -0.523. The van der Waals surface area contributed by atoms with Crippen LogP contribution < -0.4 is 10.1 Å². The molecule has 0 fully saturated rings. The van der Waals surface area contributed by atoms with Gasteiger partial charge in [0, 0.05) is 22.7 Å². The van der Waals surface area contributed by atoms with Crippen LogP contribution in [0.1, 0.15) is 38.3 Å². The average Bonchev–Trinajstić information content (AvgIpc) is 3.07. The fraction of sp³-hybridized carbons (Fsp3) is 0.476. The number of thiazole rings is 1. The number of nitrogens with one attached hydrogen (secondary N) is 1. The van der Waals surface area contributed by atoms with Gasteiger partial charge in [0.05, 0.1) is 24.6 Å². The number of benzene rings is 1. The first-order chi connectivity index (χ1) is 14.2. The van der Waals surface area contributed by atoms with Crippen molar-refractivity contribution in [3.63, 3.8) is 0 Å². The number of rotatable bonds is 6. The van der Waals surface area contributed by atoms with Crippen LogP contribution in [0.15, 0.2) is 29.2 Å². The van der Waals surface area contributed by atoms with Gasteiger partial charge in [-0.15, -0.1) is 11.8 Å². The van der Waals surface area contributed by atoms with Crippen LogP contribution in [0.25, 0.3) is 0 Å². The van der Waals surface area contributed by atoms with E-state index < -0.39 is 5.60 Å². The van der Waals surface area contributed by atoms with Gasteiger partial charge in [0.2, 0.25) is 5.91 Å². The van der Waals surface area contributed by atoms with Crippen molar-refractivity contribution < 1.29 is 19.1 Å². The average molecular weight is 450 g/mol. The van der Waals surface area contributed by atoms with Crippen molar-refractivity contribution in [3.8, 4) is 5.75 Å². The number of aromatic nitrogens is 1. The number of fused-ring (bicyclic) bond motifs is 1. The van der Waals surface area contributed by atoms with Crippen molar-refractivity contribution in [3.05, 3.63) is 34.8 Å². The van der Waals surface area contributed by atoms with E-state index in [2.05, 4.69) is 10.3 Å². The predicted octanol–water partition coefficient (Wildman–Crippen LogP) is 4.57. The number of anilines is 1. The fourth-order valence-corrected chi connectivity index (χ4v) is 4.57. The standard InChI is InChI=1S/C21H27N3O4S2/c1-5-27-14-6-8-15(9-7-14)29-13-18(25)23-19-22-16-10-11-24(12-17(16)30-19)20(26)28-21(2,3)4/h6-9H,5,10-13H2,1-4H3,(H,22,23,25). The molecule has 1 aliphatic heterocycles. The van der Waals surface area contributed by atoms with Gasteiger partial charge in [-0.1, -0.05) is 11.3 Å². The minimum Gasteiger partial charge on any atom is -0.494 e. The number of hydrogen-bond donors (Lipinski definition) is 1. The first kappa shape index (κ1) is 22.4. The summed E-state index contributed by atoms with van der Waals surface area (Å²) >= 11 is 2.87. The third kappa shape index (κ3) is 6.37. The summed E-state index contributed by atoms with van der Waals surface area (Å²) in [6, 6.07) is 7.68. The van der Waals surface area contributed by atoms with Crippen LogP contribution in [-0.2, 0) is 22.5 Å². The Bertz CT molecular complexity index is 891. The maximum absolute atomic E-state index is 12.3. The summed E-state index contributed by atoms with van der Waals surface area (Å²) in [6.45, 7) is 9.15. The molecule has 0 bridgehead atoms. The molecule has 0 saturated carbocycles. The SMILES string of the molecule is CCOc1ccc(SCC(=O)Nc2nc3c(s2)CN(C(=O)OC(C)(C)C)CC3)cc1. The van der Waals surface area contributed by atoms with Gasteiger partial charge in [0.15, 0.2) is 5.13 Å². The third-order valence-corrected chi connectivity index (χ3v) is 6.14. The van der Waals surface area contributed by atoms with Crippen molar-refractivity contribution in [2.45, 2.75) is 51.2 Å². The number of ether oxygens (including phenoxy) is 2. The molecule has 1 N–H and O–H groups in total. The van der Waals surface area contributed by atoms with Gasteiger partial charge in [0.1, 0.15) is 11.4 Å². The van der Waals surface area contributed by atoms with E-state index in [1.54, 1.807) is 4.90 Å². The lowest BCUT2D eigenvalue weighted by Crippen LogP contribution is -2.39. The first-order valence-corrected chi connectivity index (χ1v) is 11.7. The monoisotopic (exact) mass is 449 g/mol. The Morgan fingerprint density at radius 3 is 2.67 bits per heavy atom. The highest BCUT2D eigenvalue weighted by Gasteiger charge is 2.28. The summed E-state index contributed by atoms with van der Waals surface area (Å²) in [7, 11) is 0. The molecule has 2 amide bonds.